The number of nitrogens with one attached hydrogen (secondary N) is 3. The number of imidazole rings is 1. The van der Waals surface area contributed by atoms with Gasteiger partial charge in [-0.2, -0.15) is 0 Å². The summed E-state index contributed by atoms with van der Waals surface area (Å²) >= 11 is 6.48. The molecule has 0 unspecified atom stereocenters. The minimum Gasteiger partial charge on any atom is -0.459 e. The van der Waals surface area contributed by atoms with Crippen molar-refractivity contribution in [3.05, 3.63) is 94.9 Å². The third kappa shape index (κ3) is 35.5. The number of amides is 3. The van der Waals surface area contributed by atoms with Crippen LogP contribution in [-0.2, 0) is 87.4 Å². The van der Waals surface area contributed by atoms with Crippen LogP contribution in [0.2, 0.25) is 5.02 Å². The molecule has 3 saturated heterocycles. The summed E-state index contributed by atoms with van der Waals surface area (Å²) in [5.41, 5.74) is 4.11. The van der Waals surface area contributed by atoms with E-state index >= 15 is 4.39 Å². The number of aromatic amines is 1. The number of carbonyl (C=O) groups excluding carboxylic acids is 6. The summed E-state index contributed by atoms with van der Waals surface area (Å²) in [6.07, 6.45) is 2.81. The molecule has 5 heterocycles. The molecule has 8 rings (SSSR count). The van der Waals surface area contributed by atoms with Crippen LogP contribution in [-0.4, -0.2) is 328 Å². The molecule has 3 aliphatic rings. The first-order chi connectivity index (χ1) is 55.1. The Labute approximate surface area is 682 Å². The molecular weight excluding hydrogens is 1510 g/mol. The molecule has 0 saturated carbocycles. The van der Waals surface area contributed by atoms with Gasteiger partial charge >= 0.3 is 24.0 Å². The number of nitrogens with zero attached hydrogens (tertiary/aromatic N) is 9. The molecule has 3 N–H and O–H groups in total. The fourth-order valence-electron chi connectivity index (χ4n) is 13.2. The van der Waals surface area contributed by atoms with Crippen molar-refractivity contribution in [2.24, 2.45) is 0 Å². The number of piperazine rings is 1. The monoisotopic (exact) mass is 1630 g/mol. The standard InChI is InChI=1S/C83H124ClFN12O18/c1-62-52-64(54-66(85)53-62)68-56-87-79(76(78-89-69-17-16-65(84)55-70(69)90-78)77(68)96-22-18-67(19-23-96)88-80(103)112-61-63-14-12-11-13-15-63)97-34-32-95(33-35-97)72(99)20-36-104-38-40-106-42-44-108-46-48-110-50-51-111-49-47-109-45-43-107-41-39-105-37-21-86-71(98)57-91-24-26-92(58-73(100)113-81(2,3)4)28-30-94(60-75(102)115-83(8,9)10)31-29-93(27-25-91)59-74(101)114-82(5,6)7/h11-17,52-56,67H,18-51,57-61H2,1-10H3,(H,86,98)(H,88,103)(H,89,90). The van der Waals surface area contributed by atoms with E-state index < -0.39 is 22.9 Å². The molecule has 0 spiro atoms. The Hall–Kier alpha value is -7.76. The number of ether oxygens (including phenoxy) is 12. The van der Waals surface area contributed by atoms with E-state index in [4.69, 9.17) is 78.4 Å². The molecule has 0 atom stereocenters. The highest BCUT2D eigenvalue weighted by Crippen LogP contribution is 2.45. The summed E-state index contributed by atoms with van der Waals surface area (Å²) in [6.45, 7) is 31.4. The summed E-state index contributed by atoms with van der Waals surface area (Å²) in [4.78, 5) is 107. The SMILES string of the molecule is Cc1cc(F)cc(-c2cnc(N3CCN(C(=O)CCOCCOCCOCCOCCOCCOCCOCCOCCNC(=O)CN4CCN(CC(=O)OC(C)(C)C)CCN(CC(=O)OC(C)(C)C)CCN(CC(=O)OC(C)(C)C)CC4)CC3)c(-c3nc4cc(Cl)ccc4[nH]3)c2N2CCC(NC(=O)OCc3ccccc3)CC2)c1. The normalized spacial score (nSPS) is 15.8. The second kappa shape index (κ2) is 48.2. The number of carbonyl (C=O) groups is 6. The van der Waals surface area contributed by atoms with Crippen LogP contribution >= 0.6 is 11.6 Å². The van der Waals surface area contributed by atoms with Crippen LogP contribution in [0.5, 0.6) is 0 Å². The first kappa shape index (κ1) is 92.7. The van der Waals surface area contributed by atoms with E-state index in [-0.39, 0.29) is 94.0 Å². The Kier molecular flexibility index (Phi) is 38.9. The number of aryl methyl sites for hydroxylation is 1. The van der Waals surface area contributed by atoms with Gasteiger partial charge in [-0.15, -0.1) is 0 Å². The number of benzene rings is 3. The molecule has 3 aromatic carbocycles. The minimum atomic E-state index is -0.669. The van der Waals surface area contributed by atoms with E-state index in [2.05, 4.69) is 25.4 Å². The molecule has 0 aliphatic carbocycles. The Morgan fingerprint density at radius 1 is 0.530 bits per heavy atom. The van der Waals surface area contributed by atoms with Gasteiger partial charge < -0.3 is 87.2 Å². The minimum absolute atomic E-state index is 0.00977. The Morgan fingerprint density at radius 3 is 1.46 bits per heavy atom. The van der Waals surface area contributed by atoms with Gasteiger partial charge in [0.05, 0.1) is 161 Å². The highest BCUT2D eigenvalue weighted by atomic mass is 35.5. The van der Waals surface area contributed by atoms with Gasteiger partial charge in [-0.3, -0.25) is 43.6 Å². The number of H-pyrrole nitrogens is 1. The first-order valence-corrected chi connectivity index (χ1v) is 40.6. The van der Waals surface area contributed by atoms with Gasteiger partial charge in [0.25, 0.3) is 0 Å². The Bertz CT molecular complexity index is 3730. The van der Waals surface area contributed by atoms with Gasteiger partial charge in [0, 0.05) is 121 Å². The third-order valence-electron chi connectivity index (χ3n) is 18.6. The molecule has 5 aromatic rings. The summed E-state index contributed by atoms with van der Waals surface area (Å²) in [5, 5.41) is 6.56. The number of fused-ring (bicyclic) bond motifs is 1. The highest BCUT2D eigenvalue weighted by Gasteiger charge is 2.34. The van der Waals surface area contributed by atoms with Gasteiger partial charge in [0.1, 0.15) is 40.9 Å². The van der Waals surface area contributed by atoms with E-state index in [1.807, 2.05) is 155 Å². The van der Waals surface area contributed by atoms with Crippen molar-refractivity contribution in [3.63, 3.8) is 0 Å². The maximum absolute atomic E-state index is 15.3. The quantitative estimate of drug-likeness (QED) is 0.0190. The molecule has 2 aromatic heterocycles. The molecule has 0 bridgehead atoms. The number of hydrogen-bond donors (Lipinski definition) is 3. The van der Waals surface area contributed by atoms with Crippen LogP contribution in [0, 0.1) is 12.7 Å². The van der Waals surface area contributed by atoms with Crippen molar-refractivity contribution < 1.29 is 90.0 Å². The van der Waals surface area contributed by atoms with E-state index in [1.165, 1.54) is 12.1 Å². The van der Waals surface area contributed by atoms with Gasteiger partial charge in [-0.05, 0) is 129 Å². The lowest BCUT2D eigenvalue weighted by molar-refractivity contribution is -0.158. The number of pyridine rings is 1. The molecule has 3 aliphatic heterocycles. The average molecular weight is 1630 g/mol. The predicted molar refractivity (Wildman–Crippen MR) is 436 cm³/mol. The van der Waals surface area contributed by atoms with Crippen LogP contribution in [0.25, 0.3) is 33.5 Å². The topological polar surface area (TPSA) is 301 Å². The maximum Gasteiger partial charge on any atom is 0.407 e. The molecule has 3 fully saturated rings. The number of rotatable bonds is 42. The molecule has 0 radical (unpaired) electrons. The number of anilines is 2. The lowest BCUT2D eigenvalue weighted by Crippen LogP contribution is -2.50. The smallest absolute Gasteiger partial charge is 0.407 e. The zero-order chi connectivity index (χ0) is 82.6. The predicted octanol–water partition coefficient (Wildman–Crippen LogP) is 7.82. The van der Waals surface area contributed by atoms with E-state index in [0.717, 1.165) is 33.5 Å². The van der Waals surface area contributed by atoms with Crippen molar-refractivity contribution in [1.29, 1.82) is 0 Å². The van der Waals surface area contributed by atoms with Crippen molar-refractivity contribution in [2.45, 2.75) is 118 Å². The Morgan fingerprint density at radius 2 is 0.991 bits per heavy atom. The van der Waals surface area contributed by atoms with Gasteiger partial charge in [-0.1, -0.05) is 48.0 Å². The summed E-state index contributed by atoms with van der Waals surface area (Å²) in [7, 11) is 0. The van der Waals surface area contributed by atoms with Crippen LogP contribution in [0.4, 0.5) is 20.7 Å². The second-order valence-electron chi connectivity index (χ2n) is 31.7. The number of piperidine rings is 1. The maximum atomic E-state index is 15.3. The van der Waals surface area contributed by atoms with Crippen LogP contribution < -0.4 is 20.4 Å². The lowest BCUT2D eigenvalue weighted by Gasteiger charge is -2.39. The molecule has 115 heavy (non-hydrogen) atoms. The molecule has 32 heteroatoms. The van der Waals surface area contributed by atoms with Crippen molar-refractivity contribution in [3.8, 4) is 22.5 Å². The zero-order valence-electron chi connectivity index (χ0n) is 69.2. The van der Waals surface area contributed by atoms with Gasteiger partial charge in [0.2, 0.25) is 11.8 Å². The second-order valence-corrected chi connectivity index (χ2v) is 32.1. The van der Waals surface area contributed by atoms with Crippen LogP contribution in [0.3, 0.4) is 0 Å². The van der Waals surface area contributed by atoms with E-state index in [9.17, 15) is 28.8 Å². The fraction of sp³-hybridized carbons (Fsp3) is 0.639. The average Bonchev–Trinajstić information content (AvgIpc) is 1.73. The number of halogens is 2. The van der Waals surface area contributed by atoms with Crippen molar-refractivity contribution in [1.82, 2.24) is 50.1 Å². The molecular formula is C83H124ClFN12O18. The summed E-state index contributed by atoms with van der Waals surface area (Å²) in [6, 6.07) is 19.9. The first-order valence-electron chi connectivity index (χ1n) is 40.2. The molecule has 638 valence electrons. The molecule has 3 amide bonds. The number of esters is 3. The van der Waals surface area contributed by atoms with Crippen LogP contribution in [0.15, 0.2) is 72.9 Å². The number of aromatic nitrogens is 3. The summed E-state index contributed by atoms with van der Waals surface area (Å²) in [5.74, 6) is -0.424. The largest absolute Gasteiger partial charge is 0.459 e. The lowest BCUT2D eigenvalue weighted by atomic mass is 9.96. The van der Waals surface area contributed by atoms with Crippen LogP contribution in [0.1, 0.15) is 92.7 Å². The number of hydrogen-bond acceptors (Lipinski definition) is 26. The zero-order valence-corrected chi connectivity index (χ0v) is 70.0. The molecule has 30 nitrogen and oxygen atoms in total. The van der Waals surface area contributed by atoms with Gasteiger partial charge in [0.15, 0.2) is 0 Å². The summed E-state index contributed by atoms with van der Waals surface area (Å²) < 4.78 is 83.2. The highest BCUT2D eigenvalue weighted by molar-refractivity contribution is 6.31. The number of alkyl carbamates (subject to hydrolysis) is 1. The Balaban J connectivity index is 0.639. The van der Waals surface area contributed by atoms with E-state index in [0.29, 0.717) is 231 Å². The third-order valence-corrected chi connectivity index (χ3v) is 18.8. The van der Waals surface area contributed by atoms with Gasteiger partial charge in [-0.25, -0.2) is 19.2 Å². The van der Waals surface area contributed by atoms with Crippen molar-refractivity contribution >= 4 is 70.0 Å². The fourth-order valence-corrected chi connectivity index (χ4v) is 13.4. The van der Waals surface area contributed by atoms with Crippen molar-refractivity contribution in [2.75, 3.05) is 240 Å². The van der Waals surface area contributed by atoms with E-state index in [1.54, 1.807) is 0 Å².